The van der Waals surface area contributed by atoms with Gasteiger partial charge in [0.15, 0.2) is 0 Å². The third-order valence-electron chi connectivity index (χ3n) is 4.67. The first-order valence-electron chi connectivity index (χ1n) is 9.19. The first-order valence-corrected chi connectivity index (χ1v) is 10.1. The number of hydrogen-bond donors (Lipinski definition) is 2. The molecule has 0 spiro atoms. The lowest BCUT2D eigenvalue weighted by atomic mass is 10.1. The molecule has 0 aliphatic carbocycles. The molecule has 1 aromatic carbocycles. The van der Waals surface area contributed by atoms with Crippen molar-refractivity contribution in [2.45, 2.75) is 45.3 Å². The second-order valence-corrected chi connectivity index (χ2v) is 7.67. The summed E-state index contributed by atoms with van der Waals surface area (Å²) in [5.74, 6) is -0.349. The minimum absolute atomic E-state index is 0.0365. The Morgan fingerprint density at radius 2 is 2.04 bits per heavy atom. The van der Waals surface area contributed by atoms with Crippen LogP contribution in [0.25, 0.3) is 0 Å². The number of nitrogens with zero attached hydrogens (tertiary/aromatic N) is 1. The molecule has 3 rings (SSSR count). The van der Waals surface area contributed by atoms with E-state index in [-0.39, 0.29) is 24.3 Å². The normalized spacial score (nSPS) is 14.4. The third-order valence-corrected chi connectivity index (χ3v) is 5.69. The molecular formula is C20H24FN3O2S. The molecule has 0 saturated carbocycles. The van der Waals surface area contributed by atoms with E-state index in [0.29, 0.717) is 19.5 Å². The SMILES string of the molecule is CCC[C@H](NC(=O)NCc1ccc(F)cc1)C(=O)N1CCc2sccc2C1. The number of rotatable bonds is 6. The number of thiophene rings is 1. The van der Waals surface area contributed by atoms with Crippen molar-refractivity contribution in [3.05, 3.63) is 57.5 Å². The van der Waals surface area contributed by atoms with Gasteiger partial charge in [-0.25, -0.2) is 9.18 Å². The molecule has 0 fully saturated rings. The minimum Gasteiger partial charge on any atom is -0.336 e. The van der Waals surface area contributed by atoms with Crippen LogP contribution in [-0.2, 0) is 24.3 Å². The highest BCUT2D eigenvalue weighted by molar-refractivity contribution is 7.10. The highest BCUT2D eigenvalue weighted by atomic mass is 32.1. The molecule has 0 radical (unpaired) electrons. The second-order valence-electron chi connectivity index (χ2n) is 6.67. The average molecular weight is 389 g/mol. The zero-order chi connectivity index (χ0) is 19.2. The smallest absolute Gasteiger partial charge is 0.315 e. The maximum atomic E-state index is 12.9. The number of amides is 3. The number of carbonyl (C=O) groups excluding carboxylic acids is 2. The lowest BCUT2D eigenvalue weighted by Crippen LogP contribution is -2.51. The van der Waals surface area contributed by atoms with Crippen LogP contribution in [0, 0.1) is 5.82 Å². The summed E-state index contributed by atoms with van der Waals surface area (Å²) in [5, 5.41) is 7.60. The highest BCUT2D eigenvalue weighted by Crippen LogP contribution is 2.24. The summed E-state index contributed by atoms with van der Waals surface area (Å²) >= 11 is 1.73. The average Bonchev–Trinajstić information content (AvgIpc) is 3.14. The number of urea groups is 1. The van der Waals surface area contributed by atoms with Crippen LogP contribution in [0.4, 0.5) is 9.18 Å². The summed E-state index contributed by atoms with van der Waals surface area (Å²) in [7, 11) is 0. The molecule has 1 aliphatic rings. The molecule has 2 aromatic rings. The van der Waals surface area contributed by atoms with Gasteiger partial charge in [0.1, 0.15) is 11.9 Å². The molecule has 1 aromatic heterocycles. The van der Waals surface area contributed by atoms with Crippen LogP contribution < -0.4 is 10.6 Å². The van der Waals surface area contributed by atoms with Crippen molar-refractivity contribution in [1.29, 1.82) is 0 Å². The molecule has 2 heterocycles. The Bertz CT molecular complexity index is 791. The quantitative estimate of drug-likeness (QED) is 0.795. The molecule has 3 amide bonds. The largest absolute Gasteiger partial charge is 0.336 e. The molecule has 1 atom stereocenters. The minimum atomic E-state index is -0.539. The van der Waals surface area contributed by atoms with Gasteiger partial charge in [0.25, 0.3) is 0 Å². The van der Waals surface area contributed by atoms with Crippen molar-refractivity contribution in [2.75, 3.05) is 6.54 Å². The van der Waals surface area contributed by atoms with Crippen LogP contribution in [0.3, 0.4) is 0 Å². The fourth-order valence-corrected chi connectivity index (χ4v) is 4.09. The van der Waals surface area contributed by atoms with E-state index in [2.05, 4.69) is 22.1 Å². The van der Waals surface area contributed by atoms with E-state index in [4.69, 9.17) is 0 Å². The Morgan fingerprint density at radius 3 is 2.78 bits per heavy atom. The van der Waals surface area contributed by atoms with Gasteiger partial charge < -0.3 is 15.5 Å². The first kappa shape index (κ1) is 19.4. The lowest BCUT2D eigenvalue weighted by molar-refractivity contribution is -0.134. The second kappa shape index (κ2) is 8.99. The Morgan fingerprint density at radius 1 is 1.26 bits per heavy atom. The standard InChI is InChI=1S/C20H24FN3O2S/c1-2-3-17(19(25)24-10-8-18-15(13-24)9-11-27-18)23-20(26)22-12-14-4-6-16(21)7-5-14/h4-7,9,11,17H,2-3,8,10,12-13H2,1H3,(H2,22,23,26)/t17-/m0/s1. The van der Waals surface area contributed by atoms with Crippen molar-refractivity contribution in [2.24, 2.45) is 0 Å². The van der Waals surface area contributed by atoms with Gasteiger partial charge in [-0.1, -0.05) is 25.5 Å². The summed E-state index contributed by atoms with van der Waals surface area (Å²) < 4.78 is 12.9. The summed E-state index contributed by atoms with van der Waals surface area (Å²) in [6, 6.07) is 7.09. The molecule has 5 nitrogen and oxygen atoms in total. The summed E-state index contributed by atoms with van der Waals surface area (Å²) in [5.41, 5.74) is 2.00. The molecule has 27 heavy (non-hydrogen) atoms. The number of benzene rings is 1. The fraction of sp³-hybridized carbons (Fsp3) is 0.400. The van der Waals surface area contributed by atoms with E-state index in [9.17, 15) is 14.0 Å². The van der Waals surface area contributed by atoms with E-state index in [1.807, 2.05) is 11.8 Å². The Labute approximate surface area is 162 Å². The number of fused-ring (bicyclic) bond motifs is 1. The summed E-state index contributed by atoms with van der Waals surface area (Å²) in [4.78, 5) is 28.3. The Kier molecular flexibility index (Phi) is 6.45. The van der Waals surface area contributed by atoms with Gasteiger partial charge in [0.05, 0.1) is 0 Å². The van der Waals surface area contributed by atoms with Gasteiger partial charge in [-0.15, -0.1) is 11.3 Å². The fourth-order valence-electron chi connectivity index (χ4n) is 3.20. The topological polar surface area (TPSA) is 61.4 Å². The van der Waals surface area contributed by atoms with Crippen molar-refractivity contribution >= 4 is 23.3 Å². The number of carbonyl (C=O) groups is 2. The molecule has 0 unspecified atom stereocenters. The molecule has 1 aliphatic heterocycles. The maximum Gasteiger partial charge on any atom is 0.315 e. The summed E-state index contributed by atoms with van der Waals surface area (Å²) in [6.07, 6.45) is 2.26. The Balaban J connectivity index is 1.55. The van der Waals surface area contributed by atoms with Crippen molar-refractivity contribution < 1.29 is 14.0 Å². The van der Waals surface area contributed by atoms with Gasteiger partial charge in [0.2, 0.25) is 5.91 Å². The first-order chi connectivity index (χ1) is 13.1. The van der Waals surface area contributed by atoms with Gasteiger partial charge in [0, 0.05) is 24.5 Å². The Hall–Kier alpha value is -2.41. The molecule has 144 valence electrons. The highest BCUT2D eigenvalue weighted by Gasteiger charge is 2.28. The van der Waals surface area contributed by atoms with Gasteiger partial charge >= 0.3 is 6.03 Å². The summed E-state index contributed by atoms with van der Waals surface area (Å²) in [6.45, 7) is 3.56. The van der Waals surface area contributed by atoms with Crippen LogP contribution >= 0.6 is 11.3 Å². The zero-order valence-corrected chi connectivity index (χ0v) is 16.2. The molecule has 2 N–H and O–H groups in total. The van der Waals surface area contributed by atoms with Crippen molar-refractivity contribution in [3.63, 3.8) is 0 Å². The molecule has 0 saturated heterocycles. The lowest BCUT2D eigenvalue weighted by Gasteiger charge is -2.30. The van der Waals surface area contributed by atoms with E-state index in [1.165, 1.54) is 22.6 Å². The predicted molar refractivity (Wildman–Crippen MR) is 104 cm³/mol. The van der Waals surface area contributed by atoms with Crippen LogP contribution in [0.5, 0.6) is 0 Å². The molecule has 7 heteroatoms. The van der Waals surface area contributed by atoms with Gasteiger partial charge in [-0.3, -0.25) is 4.79 Å². The van der Waals surface area contributed by atoms with E-state index < -0.39 is 6.04 Å². The zero-order valence-electron chi connectivity index (χ0n) is 15.3. The maximum absolute atomic E-state index is 12.9. The monoisotopic (exact) mass is 389 g/mol. The number of hydrogen-bond acceptors (Lipinski definition) is 3. The number of nitrogens with one attached hydrogen (secondary N) is 2. The third kappa shape index (κ3) is 5.07. The predicted octanol–water partition coefficient (Wildman–Crippen LogP) is 3.44. The van der Waals surface area contributed by atoms with E-state index in [1.54, 1.807) is 23.5 Å². The van der Waals surface area contributed by atoms with Crippen molar-refractivity contribution in [3.8, 4) is 0 Å². The van der Waals surface area contributed by atoms with Crippen molar-refractivity contribution in [1.82, 2.24) is 15.5 Å². The van der Waals surface area contributed by atoms with Crippen LogP contribution in [-0.4, -0.2) is 29.4 Å². The molecular weight excluding hydrogens is 365 g/mol. The molecule has 0 bridgehead atoms. The van der Waals surface area contributed by atoms with Crippen LogP contribution in [0.15, 0.2) is 35.7 Å². The van der Waals surface area contributed by atoms with E-state index in [0.717, 1.165) is 18.4 Å². The van der Waals surface area contributed by atoms with E-state index >= 15 is 0 Å². The number of halogens is 1. The van der Waals surface area contributed by atoms with Crippen LogP contribution in [0.2, 0.25) is 0 Å². The van der Waals surface area contributed by atoms with Gasteiger partial charge in [-0.05, 0) is 47.5 Å². The van der Waals surface area contributed by atoms with Gasteiger partial charge in [-0.2, -0.15) is 0 Å². The van der Waals surface area contributed by atoms with Crippen LogP contribution in [0.1, 0.15) is 35.8 Å².